The molecule has 1 N–H and O–H groups in total. The molecule has 0 aliphatic carbocycles. The van der Waals surface area contributed by atoms with Crippen molar-refractivity contribution < 1.29 is 0 Å². The van der Waals surface area contributed by atoms with Gasteiger partial charge in [0.05, 0.1) is 0 Å². The second-order valence-corrected chi connectivity index (χ2v) is 5.61. The quantitative estimate of drug-likeness (QED) is 0.768. The highest BCUT2D eigenvalue weighted by Gasteiger charge is 2.28. The van der Waals surface area contributed by atoms with E-state index < -0.39 is 0 Å². The molecule has 0 aromatic rings. The molecule has 2 saturated heterocycles. The molecular weight excluding hydrogens is 192 g/mol. The molecule has 2 rings (SSSR count). The molecule has 0 spiro atoms. The number of likely N-dealkylation sites (N-methyl/N-ethyl adjacent to an activating group) is 1. The van der Waals surface area contributed by atoms with Crippen LogP contribution in [0.15, 0.2) is 0 Å². The Labute approximate surface area is 91.8 Å². The maximum Gasteiger partial charge on any atom is 0.0207 e. The van der Waals surface area contributed by atoms with Gasteiger partial charge in [-0.25, -0.2) is 0 Å². The van der Waals surface area contributed by atoms with E-state index >= 15 is 0 Å². The molecule has 2 fully saturated rings. The van der Waals surface area contributed by atoms with Gasteiger partial charge in [0.15, 0.2) is 0 Å². The van der Waals surface area contributed by atoms with Crippen LogP contribution in [0, 0.1) is 0 Å². The molecule has 0 amide bonds. The first kappa shape index (κ1) is 10.8. The summed E-state index contributed by atoms with van der Waals surface area (Å²) in [5.41, 5.74) is 0. The van der Waals surface area contributed by atoms with E-state index in [9.17, 15) is 0 Å². The zero-order chi connectivity index (χ0) is 9.80. The number of rotatable bonds is 3. The number of thioether (sulfide) groups is 1. The summed E-state index contributed by atoms with van der Waals surface area (Å²) in [5, 5.41) is 3.57. The Hall–Kier alpha value is 0.270. The summed E-state index contributed by atoms with van der Waals surface area (Å²) in [5.74, 6) is 2.76. The molecule has 0 saturated carbocycles. The monoisotopic (exact) mass is 214 g/mol. The molecule has 0 aromatic heterocycles. The van der Waals surface area contributed by atoms with Crippen LogP contribution in [0.2, 0.25) is 0 Å². The molecule has 1 unspecified atom stereocenters. The van der Waals surface area contributed by atoms with Gasteiger partial charge in [0.25, 0.3) is 0 Å². The van der Waals surface area contributed by atoms with E-state index in [4.69, 9.17) is 0 Å². The molecule has 3 heteroatoms. The normalized spacial score (nSPS) is 31.1. The van der Waals surface area contributed by atoms with Crippen molar-refractivity contribution in [2.75, 3.05) is 31.1 Å². The lowest BCUT2D eigenvalue weighted by Gasteiger charge is -2.30. The van der Waals surface area contributed by atoms with E-state index in [1.165, 1.54) is 43.9 Å². The van der Waals surface area contributed by atoms with Crippen molar-refractivity contribution in [1.29, 1.82) is 0 Å². The average Bonchev–Trinajstić information content (AvgIpc) is 2.68. The maximum atomic E-state index is 3.57. The van der Waals surface area contributed by atoms with E-state index in [0.29, 0.717) is 0 Å². The van der Waals surface area contributed by atoms with Gasteiger partial charge in [-0.2, -0.15) is 11.8 Å². The van der Waals surface area contributed by atoms with Crippen LogP contribution in [0.5, 0.6) is 0 Å². The highest BCUT2D eigenvalue weighted by atomic mass is 32.2. The van der Waals surface area contributed by atoms with Crippen LogP contribution in [0.1, 0.15) is 26.2 Å². The third kappa shape index (κ3) is 2.65. The van der Waals surface area contributed by atoms with Crippen LogP contribution in [-0.4, -0.2) is 48.1 Å². The molecule has 2 aliphatic rings. The van der Waals surface area contributed by atoms with E-state index in [-0.39, 0.29) is 0 Å². The lowest BCUT2D eigenvalue weighted by Crippen LogP contribution is -2.39. The summed E-state index contributed by atoms with van der Waals surface area (Å²) < 4.78 is 0. The van der Waals surface area contributed by atoms with Gasteiger partial charge >= 0.3 is 0 Å². The number of nitrogens with zero attached hydrogens (tertiary/aromatic N) is 1. The summed E-state index contributed by atoms with van der Waals surface area (Å²) >= 11 is 2.13. The number of hydrogen-bond acceptors (Lipinski definition) is 3. The highest BCUT2D eigenvalue weighted by Crippen LogP contribution is 2.24. The predicted molar refractivity (Wildman–Crippen MR) is 64.0 cm³/mol. The van der Waals surface area contributed by atoms with Gasteiger partial charge in [0, 0.05) is 25.2 Å². The first-order valence-electron chi connectivity index (χ1n) is 5.95. The second-order valence-electron chi connectivity index (χ2n) is 4.38. The largest absolute Gasteiger partial charge is 0.313 e. The fourth-order valence-corrected chi connectivity index (χ4v) is 3.71. The smallest absolute Gasteiger partial charge is 0.0207 e. The lowest BCUT2D eigenvalue weighted by molar-refractivity contribution is 0.224. The molecule has 0 aromatic carbocycles. The van der Waals surface area contributed by atoms with Gasteiger partial charge in [0.1, 0.15) is 0 Å². The van der Waals surface area contributed by atoms with E-state index in [2.05, 4.69) is 28.9 Å². The topological polar surface area (TPSA) is 15.3 Å². The number of likely N-dealkylation sites (tertiary alicyclic amines) is 1. The standard InChI is InChI=1S/C11H22N2S/c1-2-12-10-3-6-13(9-10)11-4-7-14-8-5-11/h10-12H,2-9H2,1H3. The van der Waals surface area contributed by atoms with Crippen LogP contribution < -0.4 is 5.32 Å². The summed E-state index contributed by atoms with van der Waals surface area (Å²) in [4.78, 5) is 2.72. The number of hydrogen-bond donors (Lipinski definition) is 1. The van der Waals surface area contributed by atoms with Gasteiger partial charge in [-0.1, -0.05) is 6.92 Å². The van der Waals surface area contributed by atoms with E-state index in [1.807, 2.05) is 0 Å². The zero-order valence-electron chi connectivity index (χ0n) is 9.17. The Bertz CT molecular complexity index is 169. The summed E-state index contributed by atoms with van der Waals surface area (Å²) in [7, 11) is 0. The van der Waals surface area contributed by atoms with Gasteiger partial charge in [-0.05, 0) is 37.3 Å². The van der Waals surface area contributed by atoms with Gasteiger partial charge in [-0.3, -0.25) is 4.90 Å². The average molecular weight is 214 g/mol. The minimum Gasteiger partial charge on any atom is -0.313 e. The van der Waals surface area contributed by atoms with Crippen LogP contribution in [0.4, 0.5) is 0 Å². The third-order valence-corrected chi connectivity index (χ3v) is 4.47. The summed E-state index contributed by atoms with van der Waals surface area (Å²) in [6, 6.07) is 1.68. The molecule has 2 nitrogen and oxygen atoms in total. The minimum atomic E-state index is 0.773. The van der Waals surface area contributed by atoms with E-state index in [0.717, 1.165) is 18.6 Å². The first-order chi connectivity index (χ1) is 6.90. The molecule has 14 heavy (non-hydrogen) atoms. The van der Waals surface area contributed by atoms with Crippen molar-refractivity contribution in [3.05, 3.63) is 0 Å². The van der Waals surface area contributed by atoms with Crippen molar-refractivity contribution in [2.45, 2.75) is 38.3 Å². The number of nitrogens with one attached hydrogen (secondary N) is 1. The summed E-state index contributed by atoms with van der Waals surface area (Å²) in [6.07, 6.45) is 4.20. The van der Waals surface area contributed by atoms with Gasteiger partial charge < -0.3 is 5.32 Å². The minimum absolute atomic E-state index is 0.773. The van der Waals surface area contributed by atoms with Crippen LogP contribution in [0.25, 0.3) is 0 Å². The van der Waals surface area contributed by atoms with Crippen molar-refractivity contribution in [1.82, 2.24) is 10.2 Å². The Kier molecular flexibility index (Phi) is 4.14. The first-order valence-corrected chi connectivity index (χ1v) is 7.11. The van der Waals surface area contributed by atoms with Crippen molar-refractivity contribution >= 4 is 11.8 Å². The van der Waals surface area contributed by atoms with Gasteiger partial charge in [0.2, 0.25) is 0 Å². The molecule has 82 valence electrons. The van der Waals surface area contributed by atoms with Crippen LogP contribution in [0.3, 0.4) is 0 Å². The Morgan fingerprint density at radius 2 is 2.07 bits per heavy atom. The Balaban J connectivity index is 1.76. The molecule has 0 radical (unpaired) electrons. The predicted octanol–water partition coefficient (Wildman–Crippen LogP) is 1.57. The van der Waals surface area contributed by atoms with E-state index in [1.54, 1.807) is 0 Å². The zero-order valence-corrected chi connectivity index (χ0v) is 9.98. The molecule has 2 aliphatic heterocycles. The lowest BCUT2D eigenvalue weighted by atomic mass is 10.1. The van der Waals surface area contributed by atoms with Gasteiger partial charge in [-0.15, -0.1) is 0 Å². The van der Waals surface area contributed by atoms with Crippen molar-refractivity contribution in [2.24, 2.45) is 0 Å². The fourth-order valence-electron chi connectivity index (χ4n) is 2.62. The second kappa shape index (κ2) is 5.38. The Morgan fingerprint density at radius 3 is 2.79 bits per heavy atom. The Morgan fingerprint density at radius 1 is 1.29 bits per heavy atom. The molecule has 1 atom stereocenters. The van der Waals surface area contributed by atoms with Crippen LogP contribution in [-0.2, 0) is 0 Å². The maximum absolute atomic E-state index is 3.57. The summed E-state index contributed by atoms with van der Waals surface area (Å²) in [6.45, 7) is 5.95. The van der Waals surface area contributed by atoms with Crippen LogP contribution >= 0.6 is 11.8 Å². The molecule has 2 heterocycles. The SMILES string of the molecule is CCNC1CCN(C2CCSCC2)C1. The highest BCUT2D eigenvalue weighted by molar-refractivity contribution is 7.99. The molecule has 0 bridgehead atoms. The van der Waals surface area contributed by atoms with Crippen molar-refractivity contribution in [3.8, 4) is 0 Å². The molecular formula is C11H22N2S. The fraction of sp³-hybridized carbons (Fsp3) is 1.00. The third-order valence-electron chi connectivity index (χ3n) is 3.42. The van der Waals surface area contributed by atoms with Crippen molar-refractivity contribution in [3.63, 3.8) is 0 Å².